The Bertz CT molecular complexity index is 449. The van der Waals surface area contributed by atoms with E-state index in [1.54, 1.807) is 52.1 Å². The number of rotatable bonds is 5. The SMILES string of the molecule is CNNOC(NC(=O)OC(C)(C)C)c1cccc(Cl)c1. The zero-order valence-electron chi connectivity index (χ0n) is 12.0. The van der Waals surface area contributed by atoms with Crippen molar-refractivity contribution in [1.29, 1.82) is 0 Å². The highest BCUT2D eigenvalue weighted by Gasteiger charge is 2.21. The Morgan fingerprint density at radius 2 is 2.05 bits per heavy atom. The first-order valence-electron chi connectivity index (χ1n) is 6.14. The maximum absolute atomic E-state index is 11.8. The molecular formula is C13H20ClN3O3. The maximum atomic E-state index is 11.8. The smallest absolute Gasteiger partial charge is 0.410 e. The van der Waals surface area contributed by atoms with Crippen molar-refractivity contribution >= 4 is 17.7 Å². The fourth-order valence-electron chi connectivity index (χ4n) is 1.38. The van der Waals surface area contributed by atoms with Crippen LogP contribution in [0.3, 0.4) is 0 Å². The molecule has 1 unspecified atom stereocenters. The van der Waals surface area contributed by atoms with Crippen molar-refractivity contribution in [3.63, 3.8) is 0 Å². The van der Waals surface area contributed by atoms with E-state index >= 15 is 0 Å². The number of hydrogen-bond acceptors (Lipinski definition) is 5. The zero-order chi connectivity index (χ0) is 15.2. The standard InChI is InChI=1S/C13H20ClN3O3/c1-13(2,3)19-12(18)16-11(20-17-15-4)9-6-5-7-10(14)8-9/h5-8,11,15,17H,1-4H3,(H,16,18). The first-order chi connectivity index (χ1) is 9.31. The van der Waals surface area contributed by atoms with Gasteiger partial charge in [-0.15, -0.1) is 5.59 Å². The Hall–Kier alpha value is -1.34. The predicted octanol–water partition coefficient (Wildman–Crippen LogP) is 2.52. The molecule has 1 aromatic carbocycles. The van der Waals surface area contributed by atoms with Crippen LogP contribution < -0.4 is 16.3 Å². The Labute approximate surface area is 123 Å². The Kier molecular flexibility index (Phi) is 6.22. The summed E-state index contributed by atoms with van der Waals surface area (Å²) in [7, 11) is 1.64. The highest BCUT2D eigenvalue weighted by molar-refractivity contribution is 6.30. The molecule has 3 N–H and O–H groups in total. The number of ether oxygens (including phenoxy) is 1. The Balaban J connectivity index is 2.77. The van der Waals surface area contributed by atoms with Gasteiger partial charge in [0.1, 0.15) is 5.60 Å². The van der Waals surface area contributed by atoms with Gasteiger partial charge in [0.05, 0.1) is 0 Å². The van der Waals surface area contributed by atoms with Crippen LogP contribution in [-0.4, -0.2) is 18.7 Å². The van der Waals surface area contributed by atoms with E-state index in [4.69, 9.17) is 21.2 Å². The topological polar surface area (TPSA) is 71.6 Å². The van der Waals surface area contributed by atoms with E-state index in [1.807, 2.05) is 0 Å². The summed E-state index contributed by atoms with van der Waals surface area (Å²) in [6.07, 6.45) is -1.32. The first-order valence-corrected chi connectivity index (χ1v) is 6.52. The van der Waals surface area contributed by atoms with Crippen LogP contribution in [0.1, 0.15) is 32.6 Å². The molecule has 20 heavy (non-hydrogen) atoms. The third kappa shape index (κ3) is 6.21. The number of carbonyl (C=O) groups excluding carboxylic acids is 1. The molecule has 0 fully saturated rings. The van der Waals surface area contributed by atoms with E-state index in [0.717, 1.165) is 0 Å². The molecule has 1 rings (SSSR count). The van der Waals surface area contributed by atoms with Crippen LogP contribution in [0.25, 0.3) is 0 Å². The summed E-state index contributed by atoms with van der Waals surface area (Å²) >= 11 is 5.93. The molecule has 0 aliphatic heterocycles. The van der Waals surface area contributed by atoms with Crippen LogP contribution in [0.2, 0.25) is 5.02 Å². The van der Waals surface area contributed by atoms with Crippen LogP contribution in [0.15, 0.2) is 24.3 Å². The van der Waals surface area contributed by atoms with E-state index in [1.165, 1.54) is 0 Å². The lowest BCUT2D eigenvalue weighted by Crippen LogP contribution is -2.40. The number of alkyl carbamates (subject to hydrolysis) is 1. The number of amides is 1. The minimum Gasteiger partial charge on any atom is -0.444 e. The van der Waals surface area contributed by atoms with Crippen LogP contribution in [0.4, 0.5) is 4.79 Å². The third-order valence-corrected chi connectivity index (χ3v) is 2.31. The molecule has 0 spiro atoms. The summed E-state index contributed by atoms with van der Waals surface area (Å²) in [5.74, 6) is 0. The van der Waals surface area contributed by atoms with Crippen molar-refractivity contribution in [2.75, 3.05) is 7.05 Å². The van der Waals surface area contributed by atoms with E-state index in [0.29, 0.717) is 10.6 Å². The molecule has 0 saturated carbocycles. The van der Waals surface area contributed by atoms with Crippen molar-refractivity contribution in [1.82, 2.24) is 16.3 Å². The Morgan fingerprint density at radius 3 is 2.60 bits per heavy atom. The van der Waals surface area contributed by atoms with Gasteiger partial charge in [-0.1, -0.05) is 23.7 Å². The summed E-state index contributed by atoms with van der Waals surface area (Å²) in [6.45, 7) is 5.36. The van der Waals surface area contributed by atoms with Crippen molar-refractivity contribution in [3.8, 4) is 0 Å². The van der Waals surface area contributed by atoms with Gasteiger partial charge >= 0.3 is 6.09 Å². The minimum atomic E-state index is -0.740. The fourth-order valence-corrected chi connectivity index (χ4v) is 1.58. The average Bonchev–Trinajstić information content (AvgIpc) is 2.32. The van der Waals surface area contributed by atoms with E-state index in [9.17, 15) is 4.79 Å². The van der Waals surface area contributed by atoms with Gasteiger partial charge in [-0.25, -0.2) is 10.2 Å². The van der Waals surface area contributed by atoms with Crippen molar-refractivity contribution in [2.24, 2.45) is 0 Å². The van der Waals surface area contributed by atoms with Gasteiger partial charge in [0.15, 0.2) is 6.23 Å². The highest BCUT2D eigenvalue weighted by Crippen LogP contribution is 2.19. The lowest BCUT2D eigenvalue weighted by atomic mass is 10.2. The van der Waals surface area contributed by atoms with Crippen LogP contribution >= 0.6 is 11.6 Å². The normalized spacial score (nSPS) is 12.8. The second kappa shape index (κ2) is 7.44. The summed E-state index contributed by atoms with van der Waals surface area (Å²) in [5, 5.41) is 3.16. The van der Waals surface area contributed by atoms with Gasteiger partial charge in [0.25, 0.3) is 0 Å². The van der Waals surface area contributed by atoms with Gasteiger partial charge < -0.3 is 4.74 Å². The first kappa shape index (κ1) is 16.7. The van der Waals surface area contributed by atoms with Gasteiger partial charge in [0.2, 0.25) is 0 Å². The highest BCUT2D eigenvalue weighted by atomic mass is 35.5. The molecule has 6 nitrogen and oxygen atoms in total. The number of benzene rings is 1. The van der Waals surface area contributed by atoms with Gasteiger partial charge in [-0.3, -0.25) is 10.2 Å². The second-order valence-corrected chi connectivity index (χ2v) is 5.49. The Morgan fingerprint density at radius 1 is 1.35 bits per heavy atom. The summed E-state index contributed by atoms with van der Waals surface area (Å²) in [5.41, 5.74) is 5.18. The predicted molar refractivity (Wildman–Crippen MR) is 76.8 cm³/mol. The largest absolute Gasteiger partial charge is 0.444 e. The van der Waals surface area contributed by atoms with Crippen LogP contribution in [0, 0.1) is 0 Å². The summed E-state index contributed by atoms with van der Waals surface area (Å²) in [4.78, 5) is 17.1. The fraction of sp³-hybridized carbons (Fsp3) is 0.462. The molecule has 0 radical (unpaired) electrons. The summed E-state index contributed by atoms with van der Waals surface area (Å²) in [6, 6.07) is 6.98. The zero-order valence-corrected chi connectivity index (χ0v) is 12.7. The lowest BCUT2D eigenvalue weighted by Gasteiger charge is -2.23. The molecular weight excluding hydrogens is 282 g/mol. The van der Waals surface area contributed by atoms with Crippen molar-refractivity contribution in [3.05, 3.63) is 34.9 Å². The van der Waals surface area contributed by atoms with Crippen molar-refractivity contribution in [2.45, 2.75) is 32.6 Å². The molecule has 0 saturated heterocycles. The summed E-state index contributed by atoms with van der Waals surface area (Å²) < 4.78 is 5.19. The molecule has 0 bridgehead atoms. The number of hydrazine groups is 1. The number of nitrogens with one attached hydrogen (secondary N) is 3. The monoisotopic (exact) mass is 301 g/mol. The maximum Gasteiger partial charge on any atom is 0.410 e. The molecule has 1 aromatic rings. The molecule has 0 heterocycles. The van der Waals surface area contributed by atoms with Crippen LogP contribution in [0.5, 0.6) is 0 Å². The molecule has 112 valence electrons. The van der Waals surface area contributed by atoms with E-state index in [-0.39, 0.29) is 0 Å². The minimum absolute atomic E-state index is 0.548. The lowest BCUT2D eigenvalue weighted by molar-refractivity contribution is -0.0653. The van der Waals surface area contributed by atoms with E-state index < -0.39 is 17.9 Å². The van der Waals surface area contributed by atoms with Gasteiger partial charge in [0, 0.05) is 17.6 Å². The molecule has 1 atom stereocenters. The van der Waals surface area contributed by atoms with Gasteiger partial charge in [-0.05, 0) is 32.9 Å². The number of carbonyl (C=O) groups is 1. The molecule has 0 aliphatic carbocycles. The number of hydrogen-bond donors (Lipinski definition) is 3. The van der Waals surface area contributed by atoms with Crippen molar-refractivity contribution < 1.29 is 14.4 Å². The average molecular weight is 302 g/mol. The number of halogens is 1. The second-order valence-electron chi connectivity index (χ2n) is 5.05. The quantitative estimate of drug-likeness (QED) is 0.576. The molecule has 0 aromatic heterocycles. The van der Waals surface area contributed by atoms with E-state index in [2.05, 4.69) is 16.3 Å². The third-order valence-electron chi connectivity index (χ3n) is 2.08. The van der Waals surface area contributed by atoms with Gasteiger partial charge in [-0.2, -0.15) is 0 Å². The van der Waals surface area contributed by atoms with Crippen LogP contribution in [-0.2, 0) is 9.57 Å². The molecule has 0 aliphatic rings. The molecule has 7 heteroatoms. The molecule has 1 amide bonds.